The third-order valence-electron chi connectivity index (χ3n) is 4.87. The van der Waals surface area contributed by atoms with E-state index in [9.17, 15) is 4.79 Å². The van der Waals surface area contributed by atoms with Gasteiger partial charge in [-0.1, -0.05) is 12.1 Å². The van der Waals surface area contributed by atoms with Crippen LogP contribution in [0.15, 0.2) is 71.6 Å². The fraction of sp³-hybridized carbons (Fsp3) is 0.167. The Kier molecular flexibility index (Phi) is 6.41. The van der Waals surface area contributed by atoms with Gasteiger partial charge in [-0.15, -0.1) is 0 Å². The molecule has 8 nitrogen and oxygen atoms in total. The van der Waals surface area contributed by atoms with Crippen molar-refractivity contribution in [2.45, 2.75) is 13.5 Å². The zero-order chi connectivity index (χ0) is 22.3. The Morgan fingerprint density at radius 2 is 2.06 bits per heavy atom. The second-order valence-corrected chi connectivity index (χ2v) is 7.08. The number of methoxy groups -OCH3 is 1. The molecule has 0 fully saturated rings. The molecule has 0 atom stereocenters. The van der Waals surface area contributed by atoms with E-state index in [1.54, 1.807) is 56.0 Å². The first-order valence-corrected chi connectivity index (χ1v) is 10.1. The monoisotopic (exact) mass is 429 g/mol. The number of benzene rings is 1. The summed E-state index contributed by atoms with van der Waals surface area (Å²) in [4.78, 5) is 25.4. The average molecular weight is 429 g/mol. The molecule has 1 amide bonds. The first kappa shape index (κ1) is 21.0. The Balaban J connectivity index is 1.43. The van der Waals surface area contributed by atoms with E-state index in [1.165, 1.54) is 0 Å². The molecule has 3 aromatic rings. The van der Waals surface area contributed by atoms with Crippen molar-refractivity contribution in [3.8, 4) is 17.4 Å². The number of hydrogen-bond acceptors (Lipinski definition) is 7. The van der Waals surface area contributed by atoms with Crippen molar-refractivity contribution in [2.75, 3.05) is 19.0 Å². The standard InChI is InChI=1S/C24H23N5O3/c1-16-20(24(30)28-14-17-6-7-23(31-2)27-13-17)4-3-5-21(16)32-19-9-11-26-22(12-19)29-18-8-10-25-15-18/h3-9,11-13,15H,10,14H2,1-2H3,(H,26,29)(H,28,30). The number of nitrogens with one attached hydrogen (secondary N) is 2. The number of amides is 1. The molecule has 32 heavy (non-hydrogen) atoms. The molecule has 0 radical (unpaired) electrons. The van der Waals surface area contributed by atoms with E-state index in [1.807, 2.05) is 25.1 Å². The van der Waals surface area contributed by atoms with Crippen LogP contribution in [0.2, 0.25) is 0 Å². The van der Waals surface area contributed by atoms with Crippen molar-refractivity contribution in [3.63, 3.8) is 0 Å². The van der Waals surface area contributed by atoms with Gasteiger partial charge in [-0.2, -0.15) is 0 Å². The fourth-order valence-corrected chi connectivity index (χ4v) is 3.14. The summed E-state index contributed by atoms with van der Waals surface area (Å²) in [6.07, 6.45) is 7.08. The molecule has 4 rings (SSSR count). The van der Waals surface area contributed by atoms with Crippen LogP contribution in [0.5, 0.6) is 17.4 Å². The molecule has 0 spiro atoms. The van der Waals surface area contributed by atoms with Crippen LogP contribution in [0, 0.1) is 6.92 Å². The molecule has 2 N–H and O–H groups in total. The summed E-state index contributed by atoms with van der Waals surface area (Å²) >= 11 is 0. The lowest BCUT2D eigenvalue weighted by Gasteiger charge is -2.13. The fourth-order valence-electron chi connectivity index (χ4n) is 3.14. The molecule has 8 heteroatoms. The minimum atomic E-state index is -0.187. The Morgan fingerprint density at radius 1 is 1.16 bits per heavy atom. The SMILES string of the molecule is COc1ccc(CNC(=O)c2cccc(Oc3ccnc(NC4=CCN=C4)c3)c2C)cn1. The van der Waals surface area contributed by atoms with E-state index in [0.29, 0.717) is 41.8 Å². The maximum atomic E-state index is 12.8. The van der Waals surface area contributed by atoms with Gasteiger partial charge in [-0.05, 0) is 36.8 Å². The molecule has 0 aliphatic carbocycles. The van der Waals surface area contributed by atoms with Gasteiger partial charge in [0.2, 0.25) is 5.88 Å². The number of anilines is 1. The molecule has 1 aromatic carbocycles. The third-order valence-corrected chi connectivity index (χ3v) is 4.87. The van der Waals surface area contributed by atoms with Gasteiger partial charge in [-0.25, -0.2) is 9.97 Å². The average Bonchev–Trinajstić information content (AvgIpc) is 3.32. The predicted molar refractivity (Wildman–Crippen MR) is 123 cm³/mol. The van der Waals surface area contributed by atoms with Gasteiger partial charge in [0, 0.05) is 48.4 Å². The van der Waals surface area contributed by atoms with E-state index in [0.717, 1.165) is 16.8 Å². The number of pyridine rings is 2. The molecule has 3 heterocycles. The quantitative estimate of drug-likeness (QED) is 0.564. The van der Waals surface area contributed by atoms with Crippen molar-refractivity contribution < 1.29 is 14.3 Å². The van der Waals surface area contributed by atoms with E-state index < -0.39 is 0 Å². The van der Waals surface area contributed by atoms with Crippen LogP contribution in [0.1, 0.15) is 21.5 Å². The number of aromatic nitrogens is 2. The van der Waals surface area contributed by atoms with Gasteiger partial charge in [0.05, 0.1) is 19.4 Å². The number of carbonyl (C=O) groups is 1. The molecule has 162 valence electrons. The Bertz CT molecular complexity index is 1170. The van der Waals surface area contributed by atoms with Gasteiger partial charge in [-0.3, -0.25) is 9.79 Å². The number of allylic oxidation sites excluding steroid dienone is 1. The summed E-state index contributed by atoms with van der Waals surface area (Å²) in [7, 11) is 1.56. The second kappa shape index (κ2) is 9.74. The maximum Gasteiger partial charge on any atom is 0.251 e. The van der Waals surface area contributed by atoms with Crippen LogP contribution in [-0.4, -0.2) is 35.7 Å². The normalized spacial score (nSPS) is 12.2. The minimum Gasteiger partial charge on any atom is -0.481 e. The topological polar surface area (TPSA) is 97.7 Å². The summed E-state index contributed by atoms with van der Waals surface area (Å²) in [5.41, 5.74) is 3.07. The van der Waals surface area contributed by atoms with E-state index >= 15 is 0 Å². The van der Waals surface area contributed by atoms with Crippen LogP contribution in [-0.2, 0) is 6.54 Å². The van der Waals surface area contributed by atoms with Gasteiger partial charge >= 0.3 is 0 Å². The lowest BCUT2D eigenvalue weighted by molar-refractivity contribution is 0.0950. The molecular formula is C24H23N5O3. The number of nitrogens with zero attached hydrogens (tertiary/aromatic N) is 3. The second-order valence-electron chi connectivity index (χ2n) is 7.08. The van der Waals surface area contributed by atoms with Crippen LogP contribution >= 0.6 is 0 Å². The highest BCUT2D eigenvalue weighted by molar-refractivity contribution is 5.96. The maximum absolute atomic E-state index is 12.8. The molecule has 2 aromatic heterocycles. The van der Waals surface area contributed by atoms with Crippen LogP contribution < -0.4 is 20.1 Å². The van der Waals surface area contributed by atoms with Crippen molar-refractivity contribution >= 4 is 17.9 Å². The number of aliphatic imine (C=N–C) groups is 1. The highest BCUT2D eigenvalue weighted by Crippen LogP contribution is 2.28. The molecule has 0 saturated carbocycles. The molecule has 0 bridgehead atoms. The van der Waals surface area contributed by atoms with Crippen molar-refractivity contribution in [2.24, 2.45) is 4.99 Å². The predicted octanol–water partition coefficient (Wildman–Crippen LogP) is 3.90. The van der Waals surface area contributed by atoms with E-state index in [2.05, 4.69) is 25.6 Å². The van der Waals surface area contributed by atoms with Gasteiger partial charge in [0.1, 0.15) is 17.3 Å². The molecule has 1 aliphatic rings. The molecule has 0 unspecified atom stereocenters. The number of ether oxygens (including phenoxy) is 2. The third kappa shape index (κ3) is 5.10. The lowest BCUT2D eigenvalue weighted by Crippen LogP contribution is -2.23. The molecule has 1 aliphatic heterocycles. The molecule has 0 saturated heterocycles. The number of rotatable bonds is 8. The first-order chi connectivity index (χ1) is 15.6. The van der Waals surface area contributed by atoms with Crippen molar-refractivity contribution in [3.05, 3.63) is 83.3 Å². The first-order valence-electron chi connectivity index (χ1n) is 10.1. The Morgan fingerprint density at radius 3 is 2.81 bits per heavy atom. The summed E-state index contributed by atoms with van der Waals surface area (Å²) in [6, 6.07) is 12.6. The largest absolute Gasteiger partial charge is 0.481 e. The van der Waals surface area contributed by atoms with Crippen LogP contribution in [0.25, 0.3) is 0 Å². The van der Waals surface area contributed by atoms with Gasteiger partial charge in [0.15, 0.2) is 0 Å². The van der Waals surface area contributed by atoms with Crippen molar-refractivity contribution in [1.82, 2.24) is 15.3 Å². The Labute approximate surface area is 186 Å². The highest BCUT2D eigenvalue weighted by atomic mass is 16.5. The smallest absolute Gasteiger partial charge is 0.251 e. The summed E-state index contributed by atoms with van der Waals surface area (Å²) in [6.45, 7) is 2.89. The number of hydrogen-bond donors (Lipinski definition) is 2. The van der Waals surface area contributed by atoms with Crippen LogP contribution in [0.4, 0.5) is 5.82 Å². The lowest BCUT2D eigenvalue weighted by atomic mass is 10.1. The highest BCUT2D eigenvalue weighted by Gasteiger charge is 2.13. The molecular weight excluding hydrogens is 406 g/mol. The van der Waals surface area contributed by atoms with Gasteiger partial charge < -0.3 is 20.1 Å². The number of carbonyl (C=O) groups excluding carboxylic acids is 1. The zero-order valence-electron chi connectivity index (χ0n) is 17.8. The minimum absolute atomic E-state index is 0.187. The summed E-state index contributed by atoms with van der Waals surface area (Å²) in [5.74, 6) is 2.21. The van der Waals surface area contributed by atoms with Gasteiger partial charge in [0.25, 0.3) is 5.91 Å². The zero-order valence-corrected chi connectivity index (χ0v) is 17.8. The summed E-state index contributed by atoms with van der Waals surface area (Å²) < 4.78 is 11.1. The van der Waals surface area contributed by atoms with E-state index in [-0.39, 0.29) is 5.91 Å². The van der Waals surface area contributed by atoms with E-state index in [4.69, 9.17) is 9.47 Å². The van der Waals surface area contributed by atoms with Crippen LogP contribution in [0.3, 0.4) is 0 Å². The van der Waals surface area contributed by atoms with Crippen molar-refractivity contribution in [1.29, 1.82) is 0 Å². The Hall–Kier alpha value is -4.20. The summed E-state index contributed by atoms with van der Waals surface area (Å²) in [5, 5.41) is 6.11.